The fourth-order valence-corrected chi connectivity index (χ4v) is 2.58. The topological polar surface area (TPSA) is 76.1 Å². The monoisotopic (exact) mass is 326 g/mol. The quantitative estimate of drug-likeness (QED) is 0.853. The standard InChI is InChI=1S/C18H22N4O2/c1-2-13-5-7-15(8-6-13)22-18-20-10-14(11-21-18)17(23)19-12-16-4-3-9-24-16/h5-8,10-11,16H,2-4,9,12H2,1H3,(H,19,23)(H,20,21,22). The molecule has 0 radical (unpaired) electrons. The summed E-state index contributed by atoms with van der Waals surface area (Å²) in [4.78, 5) is 20.5. The lowest BCUT2D eigenvalue weighted by atomic mass is 10.1. The average molecular weight is 326 g/mol. The summed E-state index contributed by atoms with van der Waals surface area (Å²) in [5.74, 6) is 0.291. The molecule has 1 atom stereocenters. The summed E-state index contributed by atoms with van der Waals surface area (Å²) >= 11 is 0. The van der Waals surface area contributed by atoms with Gasteiger partial charge in [-0.05, 0) is 37.0 Å². The minimum absolute atomic E-state index is 0.127. The highest BCUT2D eigenvalue weighted by atomic mass is 16.5. The van der Waals surface area contributed by atoms with Crippen molar-refractivity contribution in [1.29, 1.82) is 0 Å². The van der Waals surface area contributed by atoms with Crippen molar-refractivity contribution >= 4 is 17.5 Å². The van der Waals surface area contributed by atoms with E-state index >= 15 is 0 Å². The fraction of sp³-hybridized carbons (Fsp3) is 0.389. The van der Waals surface area contributed by atoms with E-state index in [-0.39, 0.29) is 12.0 Å². The highest BCUT2D eigenvalue weighted by molar-refractivity contribution is 5.93. The van der Waals surface area contributed by atoms with Crippen molar-refractivity contribution in [3.8, 4) is 0 Å². The molecule has 1 unspecified atom stereocenters. The summed E-state index contributed by atoms with van der Waals surface area (Å²) in [7, 11) is 0. The van der Waals surface area contributed by atoms with E-state index in [1.54, 1.807) is 0 Å². The largest absolute Gasteiger partial charge is 0.376 e. The molecule has 2 heterocycles. The molecule has 3 rings (SSSR count). The number of nitrogens with one attached hydrogen (secondary N) is 2. The molecule has 0 aliphatic carbocycles. The number of aromatic nitrogens is 2. The van der Waals surface area contributed by atoms with E-state index in [9.17, 15) is 4.79 Å². The van der Waals surface area contributed by atoms with Gasteiger partial charge in [-0.25, -0.2) is 9.97 Å². The van der Waals surface area contributed by atoms with E-state index < -0.39 is 0 Å². The smallest absolute Gasteiger partial charge is 0.254 e. The van der Waals surface area contributed by atoms with Gasteiger partial charge in [0.15, 0.2) is 0 Å². The zero-order chi connectivity index (χ0) is 16.8. The number of carbonyl (C=O) groups excluding carboxylic acids is 1. The maximum Gasteiger partial charge on any atom is 0.254 e. The lowest BCUT2D eigenvalue weighted by Crippen LogP contribution is -2.31. The fourth-order valence-electron chi connectivity index (χ4n) is 2.58. The number of hydrogen-bond donors (Lipinski definition) is 2. The lowest BCUT2D eigenvalue weighted by Gasteiger charge is -2.10. The van der Waals surface area contributed by atoms with Crippen molar-refractivity contribution in [1.82, 2.24) is 15.3 Å². The molecule has 2 aromatic rings. The lowest BCUT2D eigenvalue weighted by molar-refractivity contribution is 0.0857. The zero-order valence-corrected chi connectivity index (χ0v) is 13.8. The van der Waals surface area contributed by atoms with Crippen LogP contribution < -0.4 is 10.6 Å². The summed E-state index contributed by atoms with van der Waals surface area (Å²) < 4.78 is 5.49. The molecular formula is C18H22N4O2. The van der Waals surface area contributed by atoms with E-state index in [1.807, 2.05) is 12.1 Å². The maximum atomic E-state index is 12.1. The van der Waals surface area contributed by atoms with Gasteiger partial charge >= 0.3 is 0 Å². The number of ether oxygens (including phenoxy) is 1. The van der Waals surface area contributed by atoms with Gasteiger partial charge in [0.1, 0.15) is 0 Å². The first kappa shape index (κ1) is 16.4. The van der Waals surface area contributed by atoms with Crippen molar-refractivity contribution in [2.75, 3.05) is 18.5 Å². The van der Waals surface area contributed by atoms with Gasteiger partial charge in [0, 0.05) is 31.2 Å². The Morgan fingerprint density at radius 2 is 2.00 bits per heavy atom. The van der Waals surface area contributed by atoms with Crippen LogP contribution in [0.5, 0.6) is 0 Å². The van der Waals surface area contributed by atoms with Gasteiger partial charge in [-0.3, -0.25) is 4.79 Å². The predicted octanol–water partition coefficient (Wildman–Crippen LogP) is 2.69. The second-order valence-corrected chi connectivity index (χ2v) is 5.82. The number of rotatable bonds is 6. The minimum atomic E-state index is -0.177. The van der Waals surface area contributed by atoms with Crippen molar-refractivity contribution in [3.63, 3.8) is 0 Å². The molecule has 6 nitrogen and oxygen atoms in total. The molecular weight excluding hydrogens is 304 g/mol. The third kappa shape index (κ3) is 4.29. The number of hydrogen-bond acceptors (Lipinski definition) is 5. The molecule has 1 aliphatic rings. The first-order chi connectivity index (χ1) is 11.7. The number of carbonyl (C=O) groups is 1. The van der Waals surface area contributed by atoms with Gasteiger partial charge in [-0.2, -0.15) is 0 Å². The zero-order valence-electron chi connectivity index (χ0n) is 13.8. The van der Waals surface area contributed by atoms with E-state index in [4.69, 9.17) is 4.74 Å². The van der Waals surface area contributed by atoms with Gasteiger partial charge in [-0.15, -0.1) is 0 Å². The second kappa shape index (κ2) is 7.88. The Labute approximate surface area is 141 Å². The van der Waals surface area contributed by atoms with Crippen LogP contribution in [0.4, 0.5) is 11.6 Å². The molecule has 1 aliphatic heterocycles. The first-order valence-electron chi connectivity index (χ1n) is 8.32. The predicted molar refractivity (Wildman–Crippen MR) is 92.4 cm³/mol. The molecule has 24 heavy (non-hydrogen) atoms. The van der Waals surface area contributed by atoms with Gasteiger partial charge in [0.25, 0.3) is 5.91 Å². The van der Waals surface area contributed by atoms with Crippen LogP contribution >= 0.6 is 0 Å². The Balaban J connectivity index is 1.54. The van der Waals surface area contributed by atoms with Crippen molar-refractivity contribution < 1.29 is 9.53 Å². The van der Waals surface area contributed by atoms with Crippen LogP contribution in [0.15, 0.2) is 36.7 Å². The van der Waals surface area contributed by atoms with E-state index in [0.29, 0.717) is 18.1 Å². The number of amides is 1. The summed E-state index contributed by atoms with van der Waals surface area (Å²) in [6.45, 7) is 3.43. The van der Waals surface area contributed by atoms with Crippen LogP contribution in [-0.2, 0) is 11.2 Å². The van der Waals surface area contributed by atoms with Crippen LogP contribution in [0.2, 0.25) is 0 Å². The van der Waals surface area contributed by atoms with Crippen LogP contribution in [0.3, 0.4) is 0 Å². The molecule has 2 N–H and O–H groups in total. The third-order valence-electron chi connectivity index (χ3n) is 4.05. The second-order valence-electron chi connectivity index (χ2n) is 5.82. The Hall–Kier alpha value is -2.47. The number of anilines is 2. The van der Waals surface area contributed by atoms with Gasteiger partial charge in [0.05, 0.1) is 11.7 Å². The van der Waals surface area contributed by atoms with Gasteiger partial charge < -0.3 is 15.4 Å². The van der Waals surface area contributed by atoms with Crippen molar-refractivity contribution in [2.45, 2.75) is 32.3 Å². The number of benzene rings is 1. The summed E-state index contributed by atoms with van der Waals surface area (Å²) in [6, 6.07) is 8.11. The molecule has 1 fully saturated rings. The molecule has 1 aromatic heterocycles. The maximum absolute atomic E-state index is 12.1. The molecule has 0 bridgehead atoms. The van der Waals surface area contributed by atoms with Crippen LogP contribution in [0.25, 0.3) is 0 Å². The normalized spacial score (nSPS) is 16.8. The van der Waals surface area contributed by atoms with Crippen molar-refractivity contribution in [3.05, 3.63) is 47.8 Å². The van der Waals surface area contributed by atoms with Gasteiger partial charge in [-0.1, -0.05) is 19.1 Å². The number of aryl methyl sites for hydroxylation is 1. The summed E-state index contributed by atoms with van der Waals surface area (Å²) in [5.41, 5.74) is 2.64. The molecule has 126 valence electrons. The molecule has 1 saturated heterocycles. The van der Waals surface area contributed by atoms with Crippen LogP contribution in [0.1, 0.15) is 35.7 Å². The van der Waals surface area contributed by atoms with Gasteiger partial charge in [0.2, 0.25) is 5.95 Å². The highest BCUT2D eigenvalue weighted by Crippen LogP contribution is 2.14. The van der Waals surface area contributed by atoms with Crippen LogP contribution in [-0.4, -0.2) is 35.1 Å². The Kier molecular flexibility index (Phi) is 5.38. The first-order valence-corrected chi connectivity index (χ1v) is 8.32. The Morgan fingerprint density at radius 3 is 2.62 bits per heavy atom. The molecule has 6 heteroatoms. The Bertz CT molecular complexity index is 664. The van der Waals surface area contributed by atoms with Crippen LogP contribution in [0, 0.1) is 0 Å². The molecule has 1 aromatic carbocycles. The third-order valence-corrected chi connectivity index (χ3v) is 4.05. The number of nitrogens with zero attached hydrogens (tertiary/aromatic N) is 2. The summed E-state index contributed by atoms with van der Waals surface area (Å²) in [6.07, 6.45) is 6.25. The minimum Gasteiger partial charge on any atom is -0.376 e. The average Bonchev–Trinajstić information content (AvgIpc) is 3.14. The highest BCUT2D eigenvalue weighted by Gasteiger charge is 2.16. The SMILES string of the molecule is CCc1ccc(Nc2ncc(C(=O)NCC3CCCO3)cn2)cc1. The summed E-state index contributed by atoms with van der Waals surface area (Å²) in [5, 5.41) is 5.98. The van der Waals surface area contributed by atoms with E-state index in [2.05, 4.69) is 39.7 Å². The van der Waals surface area contributed by atoms with E-state index in [1.165, 1.54) is 18.0 Å². The van der Waals surface area contributed by atoms with E-state index in [0.717, 1.165) is 31.6 Å². The molecule has 0 saturated carbocycles. The Morgan fingerprint density at radius 1 is 1.25 bits per heavy atom. The molecule has 0 spiro atoms. The van der Waals surface area contributed by atoms with Crippen molar-refractivity contribution in [2.24, 2.45) is 0 Å². The molecule has 1 amide bonds.